The molecule has 0 radical (unpaired) electrons. The molecule has 0 unspecified atom stereocenters. The highest BCUT2D eigenvalue weighted by Crippen LogP contribution is 2.35. The molecular weight excluding hydrogens is 481 g/mol. The molecule has 2 rings (SSSR count). The van der Waals surface area contributed by atoms with Crippen LogP contribution in [0.5, 0.6) is 0 Å². The highest BCUT2D eigenvalue weighted by atomic mass is 79.9. The number of carboxylic acid groups (broad SMARTS) is 2. The van der Waals surface area contributed by atoms with Gasteiger partial charge in [0.15, 0.2) is 0 Å². The first-order valence-electron chi connectivity index (χ1n) is 8.17. The Morgan fingerprint density at radius 2 is 1.37 bits per heavy atom. The van der Waals surface area contributed by atoms with Crippen LogP contribution in [-0.4, -0.2) is 40.8 Å². The molecule has 2 aromatic rings. The first-order valence-corrected chi connectivity index (χ1v) is 8.97. The van der Waals surface area contributed by atoms with E-state index in [1.54, 1.807) is 19.1 Å². The lowest BCUT2D eigenvalue weighted by atomic mass is 10.1. The molecule has 30 heavy (non-hydrogen) atoms. The molecule has 2 aromatic carbocycles. The van der Waals surface area contributed by atoms with Crippen molar-refractivity contribution in [2.24, 2.45) is 0 Å². The molecular formula is C19H17BrF5NO4. The van der Waals surface area contributed by atoms with Crippen molar-refractivity contribution in [3.63, 3.8) is 0 Å². The second kappa shape index (κ2) is 9.88. The van der Waals surface area contributed by atoms with Crippen LogP contribution in [0.25, 0.3) is 0 Å². The van der Waals surface area contributed by atoms with E-state index >= 15 is 0 Å². The zero-order valence-electron chi connectivity index (χ0n) is 15.6. The van der Waals surface area contributed by atoms with Gasteiger partial charge >= 0.3 is 24.0 Å². The van der Waals surface area contributed by atoms with Gasteiger partial charge in [-0.05, 0) is 54.0 Å². The number of hydrogen-bond donors (Lipinski definition) is 3. The van der Waals surface area contributed by atoms with Crippen molar-refractivity contribution in [3.05, 3.63) is 63.1 Å². The predicted octanol–water partition coefficient (Wildman–Crippen LogP) is 5.76. The van der Waals surface area contributed by atoms with Crippen LogP contribution < -0.4 is 5.32 Å². The van der Waals surface area contributed by atoms with Gasteiger partial charge in [-0.2, -0.15) is 22.0 Å². The average Bonchev–Trinajstić information content (AvgIpc) is 2.62. The van der Waals surface area contributed by atoms with Gasteiger partial charge in [0.25, 0.3) is 0 Å². The highest BCUT2D eigenvalue weighted by Gasteiger charge is 2.57. The van der Waals surface area contributed by atoms with Crippen molar-refractivity contribution in [3.8, 4) is 0 Å². The van der Waals surface area contributed by atoms with E-state index in [1.165, 1.54) is 12.1 Å². The predicted molar refractivity (Wildman–Crippen MR) is 103 cm³/mol. The summed E-state index contributed by atoms with van der Waals surface area (Å²) in [6.45, 7) is 1.71. The lowest BCUT2D eigenvalue weighted by Crippen LogP contribution is -2.42. The smallest absolute Gasteiger partial charge is 0.455 e. The highest BCUT2D eigenvalue weighted by molar-refractivity contribution is 9.10. The minimum Gasteiger partial charge on any atom is -0.478 e. The Labute approximate surface area is 176 Å². The molecule has 164 valence electrons. The van der Waals surface area contributed by atoms with Crippen molar-refractivity contribution in [1.82, 2.24) is 0 Å². The van der Waals surface area contributed by atoms with E-state index in [0.717, 1.165) is 11.6 Å². The summed E-state index contributed by atoms with van der Waals surface area (Å²) in [5.41, 5.74) is 1.15. The van der Waals surface area contributed by atoms with Gasteiger partial charge in [-0.3, -0.25) is 0 Å². The zero-order valence-corrected chi connectivity index (χ0v) is 17.2. The number of anilines is 1. The third-order valence-electron chi connectivity index (χ3n) is 3.67. The van der Waals surface area contributed by atoms with Crippen molar-refractivity contribution < 1.29 is 41.8 Å². The summed E-state index contributed by atoms with van der Waals surface area (Å²) in [5.74, 6) is -7.25. The van der Waals surface area contributed by atoms with Crippen LogP contribution in [0.4, 0.5) is 27.6 Å². The number of benzene rings is 2. The Kier molecular flexibility index (Phi) is 8.34. The fraction of sp³-hybridized carbons (Fsp3) is 0.263. The van der Waals surface area contributed by atoms with Crippen LogP contribution >= 0.6 is 15.9 Å². The number of carbonyl (C=O) groups is 2. The van der Waals surface area contributed by atoms with Gasteiger partial charge < -0.3 is 15.5 Å². The fourth-order valence-corrected chi connectivity index (χ4v) is 2.51. The second-order valence-corrected chi connectivity index (χ2v) is 7.05. The topological polar surface area (TPSA) is 86.6 Å². The number of alkyl halides is 5. The molecule has 0 aromatic heterocycles. The number of carboxylic acids is 2. The number of hydrogen-bond acceptors (Lipinski definition) is 3. The lowest BCUT2D eigenvalue weighted by molar-refractivity contribution is -0.275. The van der Waals surface area contributed by atoms with Crippen LogP contribution in [0, 0.1) is 13.8 Å². The van der Waals surface area contributed by atoms with Crippen molar-refractivity contribution in [1.29, 1.82) is 0 Å². The minimum absolute atomic E-state index is 0.290. The Morgan fingerprint density at radius 3 is 1.80 bits per heavy atom. The molecule has 3 N–H and O–H groups in total. The SMILES string of the molecule is Cc1ccc(Br)c(C(=O)O)c1.Cc1ccc(NCC(F)(F)C(F)(F)F)c(C(=O)O)c1. The molecule has 0 saturated heterocycles. The van der Waals surface area contributed by atoms with Crippen molar-refractivity contribution in [2.75, 3.05) is 11.9 Å². The lowest BCUT2D eigenvalue weighted by Gasteiger charge is -2.21. The van der Waals surface area contributed by atoms with Gasteiger partial charge in [-0.1, -0.05) is 23.3 Å². The Balaban J connectivity index is 0.000000346. The Morgan fingerprint density at radius 1 is 0.900 bits per heavy atom. The largest absolute Gasteiger partial charge is 0.478 e. The van der Waals surface area contributed by atoms with Gasteiger partial charge in [-0.25, -0.2) is 9.59 Å². The van der Waals surface area contributed by atoms with Crippen LogP contribution in [-0.2, 0) is 0 Å². The normalized spacial score (nSPS) is 11.3. The number of nitrogens with one attached hydrogen (secondary N) is 1. The summed E-state index contributed by atoms with van der Waals surface area (Å²) in [4.78, 5) is 21.4. The van der Waals surface area contributed by atoms with Gasteiger partial charge in [0.05, 0.1) is 17.7 Å². The van der Waals surface area contributed by atoms with Crippen molar-refractivity contribution in [2.45, 2.75) is 25.9 Å². The maximum atomic E-state index is 12.7. The number of aryl methyl sites for hydroxylation is 2. The van der Waals surface area contributed by atoms with Crippen molar-refractivity contribution >= 4 is 33.6 Å². The quantitative estimate of drug-likeness (QED) is 0.457. The molecule has 0 aliphatic rings. The van der Waals surface area contributed by atoms with Gasteiger partial charge in [0, 0.05) is 10.2 Å². The summed E-state index contributed by atoms with van der Waals surface area (Å²) < 4.78 is 61.9. The summed E-state index contributed by atoms with van der Waals surface area (Å²) in [6.07, 6.45) is -5.69. The second-order valence-electron chi connectivity index (χ2n) is 6.20. The molecule has 0 aliphatic heterocycles. The maximum absolute atomic E-state index is 12.7. The van der Waals surface area contributed by atoms with E-state index < -0.39 is 30.6 Å². The molecule has 0 bridgehead atoms. The molecule has 0 aliphatic carbocycles. The minimum atomic E-state index is -5.69. The number of halogens is 6. The van der Waals surface area contributed by atoms with E-state index in [-0.39, 0.29) is 11.3 Å². The molecule has 0 amide bonds. The molecule has 0 fully saturated rings. The van der Waals surface area contributed by atoms with E-state index in [9.17, 15) is 31.5 Å². The first-order chi connectivity index (χ1) is 13.7. The van der Waals surface area contributed by atoms with E-state index in [1.807, 2.05) is 18.3 Å². The van der Waals surface area contributed by atoms with Crippen LogP contribution in [0.3, 0.4) is 0 Å². The molecule has 5 nitrogen and oxygen atoms in total. The maximum Gasteiger partial charge on any atom is 0.455 e. The average molecular weight is 498 g/mol. The van der Waals surface area contributed by atoms with Crippen LogP contribution in [0.15, 0.2) is 40.9 Å². The number of rotatable bonds is 5. The Hall–Kier alpha value is -2.69. The molecule has 0 saturated carbocycles. The third kappa shape index (κ3) is 6.97. The first kappa shape index (κ1) is 25.3. The van der Waals surface area contributed by atoms with Gasteiger partial charge in [0.1, 0.15) is 0 Å². The van der Waals surface area contributed by atoms with Crippen LogP contribution in [0.1, 0.15) is 31.8 Å². The summed E-state index contributed by atoms with van der Waals surface area (Å²) >= 11 is 3.15. The third-order valence-corrected chi connectivity index (χ3v) is 4.36. The number of aromatic carboxylic acids is 2. The molecule has 11 heteroatoms. The van der Waals surface area contributed by atoms with Gasteiger partial charge in [0.2, 0.25) is 0 Å². The van der Waals surface area contributed by atoms with E-state index in [4.69, 9.17) is 10.2 Å². The summed E-state index contributed by atoms with van der Waals surface area (Å²) in [6, 6.07) is 8.95. The van der Waals surface area contributed by atoms with E-state index in [2.05, 4.69) is 15.9 Å². The zero-order chi connectivity index (χ0) is 23.3. The summed E-state index contributed by atoms with van der Waals surface area (Å²) in [7, 11) is 0. The summed E-state index contributed by atoms with van der Waals surface area (Å²) in [5, 5.41) is 19.3. The Bertz CT molecular complexity index is 932. The van der Waals surface area contributed by atoms with Gasteiger partial charge in [-0.15, -0.1) is 0 Å². The fourth-order valence-electron chi connectivity index (χ4n) is 2.10. The standard InChI is InChI=1S/C11H10F5NO2.C8H7BrO2/c1-6-2-3-8(7(4-6)9(18)19)17-5-10(12,13)11(14,15)16;1-5-2-3-7(9)6(4-5)8(10)11/h2-4,17H,5H2,1H3,(H,18,19);2-4H,1H3,(H,10,11). The monoisotopic (exact) mass is 497 g/mol. The van der Waals surface area contributed by atoms with Crippen LogP contribution in [0.2, 0.25) is 0 Å². The molecule has 0 atom stereocenters. The molecule has 0 heterocycles. The van der Waals surface area contributed by atoms with E-state index in [0.29, 0.717) is 15.6 Å². The molecule has 0 spiro atoms.